The molecule has 1 saturated heterocycles. The van der Waals surface area contributed by atoms with Gasteiger partial charge in [0, 0.05) is 19.6 Å². The van der Waals surface area contributed by atoms with E-state index in [0.717, 1.165) is 4.31 Å². The van der Waals surface area contributed by atoms with Gasteiger partial charge in [0.15, 0.2) is 5.78 Å². The van der Waals surface area contributed by atoms with Crippen LogP contribution in [0.3, 0.4) is 0 Å². The second-order valence-corrected chi connectivity index (χ2v) is 10.0. The SMILES string of the molecule is CC(=O)c1ccc2n(c1=O)CCN(CC1(S(=O)(=O)N3CC(F)(F)C3)CC1)C2=O. The highest BCUT2D eigenvalue weighted by Crippen LogP contribution is 2.48. The summed E-state index contributed by atoms with van der Waals surface area (Å²) in [5, 5.41) is 0. The highest BCUT2D eigenvalue weighted by molar-refractivity contribution is 7.90. The summed E-state index contributed by atoms with van der Waals surface area (Å²) in [6.07, 6.45) is 0.606. The number of pyridine rings is 1. The van der Waals surface area contributed by atoms with E-state index in [1.165, 1.54) is 28.5 Å². The van der Waals surface area contributed by atoms with Crippen LogP contribution in [0.2, 0.25) is 0 Å². The largest absolute Gasteiger partial charge is 0.334 e. The van der Waals surface area contributed by atoms with Crippen LogP contribution in [0.15, 0.2) is 16.9 Å². The van der Waals surface area contributed by atoms with Gasteiger partial charge < -0.3 is 9.47 Å². The van der Waals surface area contributed by atoms with Crippen molar-refractivity contribution in [2.24, 2.45) is 0 Å². The summed E-state index contributed by atoms with van der Waals surface area (Å²) in [7, 11) is -3.94. The predicted octanol–water partition coefficient (Wildman–Crippen LogP) is 0.320. The molecule has 0 N–H and O–H groups in total. The molecular weight excluding hydrogens is 396 g/mol. The summed E-state index contributed by atoms with van der Waals surface area (Å²) in [6, 6.07) is 2.68. The Labute approximate surface area is 159 Å². The minimum Gasteiger partial charge on any atom is -0.334 e. The van der Waals surface area contributed by atoms with Crippen molar-refractivity contribution in [1.82, 2.24) is 13.8 Å². The van der Waals surface area contributed by atoms with E-state index in [-0.39, 0.29) is 30.9 Å². The first-order valence-electron chi connectivity index (χ1n) is 8.89. The summed E-state index contributed by atoms with van der Waals surface area (Å²) in [6.45, 7) is -0.228. The van der Waals surface area contributed by atoms with E-state index in [0.29, 0.717) is 12.8 Å². The van der Waals surface area contributed by atoms with Gasteiger partial charge in [0.1, 0.15) is 10.4 Å². The predicted molar refractivity (Wildman–Crippen MR) is 94.0 cm³/mol. The van der Waals surface area contributed by atoms with Crippen LogP contribution in [-0.4, -0.2) is 70.7 Å². The third kappa shape index (κ3) is 2.79. The Morgan fingerprint density at radius 1 is 1.14 bits per heavy atom. The van der Waals surface area contributed by atoms with Crippen LogP contribution in [0.4, 0.5) is 8.78 Å². The molecule has 1 aromatic rings. The first kappa shape index (κ1) is 19.2. The molecule has 152 valence electrons. The van der Waals surface area contributed by atoms with E-state index in [1.807, 2.05) is 0 Å². The van der Waals surface area contributed by atoms with Gasteiger partial charge >= 0.3 is 0 Å². The summed E-state index contributed by atoms with van der Waals surface area (Å²) in [5.41, 5.74) is -0.468. The zero-order chi connectivity index (χ0) is 20.5. The van der Waals surface area contributed by atoms with Gasteiger partial charge in [-0.05, 0) is 31.9 Å². The molecule has 3 heterocycles. The number of carbonyl (C=O) groups excluding carboxylic acids is 2. The van der Waals surface area contributed by atoms with Crippen LogP contribution in [0.5, 0.6) is 0 Å². The van der Waals surface area contributed by atoms with Gasteiger partial charge in [0.2, 0.25) is 10.0 Å². The van der Waals surface area contributed by atoms with Gasteiger partial charge in [-0.1, -0.05) is 0 Å². The molecule has 0 spiro atoms. The molecular formula is C17H19F2N3O5S. The van der Waals surface area contributed by atoms with E-state index in [9.17, 15) is 31.6 Å². The Kier molecular flexibility index (Phi) is 4.06. The quantitative estimate of drug-likeness (QED) is 0.646. The van der Waals surface area contributed by atoms with E-state index in [1.54, 1.807) is 0 Å². The monoisotopic (exact) mass is 415 g/mol. The summed E-state index contributed by atoms with van der Waals surface area (Å²) < 4.78 is 52.5. The molecule has 0 unspecified atom stereocenters. The van der Waals surface area contributed by atoms with Crippen LogP contribution < -0.4 is 5.56 Å². The van der Waals surface area contributed by atoms with Crippen LogP contribution >= 0.6 is 0 Å². The molecule has 3 aliphatic rings. The number of aromatic nitrogens is 1. The molecule has 0 atom stereocenters. The molecule has 2 aliphatic heterocycles. The molecule has 1 aliphatic carbocycles. The van der Waals surface area contributed by atoms with Crippen molar-refractivity contribution >= 4 is 21.7 Å². The Bertz CT molecular complexity index is 1040. The van der Waals surface area contributed by atoms with Crippen molar-refractivity contribution < 1.29 is 26.8 Å². The second kappa shape index (κ2) is 5.93. The van der Waals surface area contributed by atoms with Gasteiger partial charge in [0.25, 0.3) is 17.4 Å². The Hall–Kier alpha value is -2.14. The molecule has 0 bridgehead atoms. The van der Waals surface area contributed by atoms with Crippen molar-refractivity contribution in [3.8, 4) is 0 Å². The fourth-order valence-electron chi connectivity index (χ4n) is 3.79. The fraction of sp³-hybridized carbons (Fsp3) is 0.588. The van der Waals surface area contributed by atoms with Crippen LogP contribution in [0, 0.1) is 0 Å². The first-order valence-corrected chi connectivity index (χ1v) is 10.3. The standard InChI is InChI=1S/C17H19F2N3O5S/c1-11(23)12-2-3-13-15(25)20(6-7-22(13)14(12)24)8-16(4-5-16)28(26,27)21-9-17(18,19)10-21/h2-3H,4-10H2,1H3. The minimum atomic E-state index is -3.94. The van der Waals surface area contributed by atoms with Crippen molar-refractivity contribution in [3.05, 3.63) is 33.7 Å². The lowest BCUT2D eigenvalue weighted by atomic mass is 10.1. The van der Waals surface area contributed by atoms with E-state index in [4.69, 9.17) is 0 Å². The smallest absolute Gasteiger partial charge is 0.275 e. The topological polar surface area (TPSA) is 96.8 Å². The average Bonchev–Trinajstić information content (AvgIpc) is 3.37. The number of ketones is 1. The van der Waals surface area contributed by atoms with Gasteiger partial charge in [-0.3, -0.25) is 14.4 Å². The Morgan fingerprint density at radius 3 is 2.32 bits per heavy atom. The molecule has 1 aromatic heterocycles. The highest BCUT2D eigenvalue weighted by Gasteiger charge is 2.62. The van der Waals surface area contributed by atoms with E-state index < -0.39 is 51.0 Å². The summed E-state index contributed by atoms with van der Waals surface area (Å²) in [5.74, 6) is -3.91. The second-order valence-electron chi connectivity index (χ2n) is 7.68. The van der Waals surface area contributed by atoms with Gasteiger partial charge in [-0.25, -0.2) is 17.2 Å². The zero-order valence-electron chi connectivity index (χ0n) is 15.2. The number of sulfonamides is 1. The number of fused-ring (bicyclic) bond motifs is 1. The number of amides is 1. The Balaban J connectivity index is 1.56. The van der Waals surface area contributed by atoms with Crippen molar-refractivity contribution in [2.45, 2.75) is 37.0 Å². The molecule has 0 aromatic carbocycles. The maximum Gasteiger partial charge on any atom is 0.275 e. The van der Waals surface area contributed by atoms with Crippen molar-refractivity contribution in [2.75, 3.05) is 26.2 Å². The van der Waals surface area contributed by atoms with Gasteiger partial charge in [-0.2, -0.15) is 4.31 Å². The normalized spacial score (nSPS) is 23.1. The molecule has 4 rings (SSSR count). The minimum absolute atomic E-state index is 0.00930. The van der Waals surface area contributed by atoms with E-state index in [2.05, 4.69) is 0 Å². The molecule has 8 nitrogen and oxygen atoms in total. The lowest BCUT2D eigenvalue weighted by molar-refractivity contribution is -0.0950. The average molecular weight is 415 g/mol. The molecule has 0 radical (unpaired) electrons. The highest BCUT2D eigenvalue weighted by atomic mass is 32.2. The summed E-state index contributed by atoms with van der Waals surface area (Å²) >= 11 is 0. The number of carbonyl (C=O) groups is 2. The number of halogens is 2. The molecule has 28 heavy (non-hydrogen) atoms. The molecule has 2 fully saturated rings. The maximum atomic E-state index is 13.1. The third-order valence-electron chi connectivity index (χ3n) is 5.64. The zero-order valence-corrected chi connectivity index (χ0v) is 16.0. The lowest BCUT2D eigenvalue weighted by Gasteiger charge is -2.41. The fourth-order valence-corrected chi connectivity index (χ4v) is 5.99. The van der Waals surface area contributed by atoms with Crippen LogP contribution in [0.25, 0.3) is 0 Å². The van der Waals surface area contributed by atoms with E-state index >= 15 is 0 Å². The van der Waals surface area contributed by atoms with Gasteiger partial charge in [0.05, 0.1) is 18.7 Å². The number of hydrogen-bond donors (Lipinski definition) is 0. The molecule has 1 amide bonds. The number of nitrogens with zero attached hydrogens (tertiary/aromatic N) is 3. The number of rotatable bonds is 5. The van der Waals surface area contributed by atoms with Crippen LogP contribution in [-0.2, 0) is 16.6 Å². The van der Waals surface area contributed by atoms with Gasteiger partial charge in [-0.15, -0.1) is 0 Å². The molecule has 11 heteroatoms. The number of hydrogen-bond acceptors (Lipinski definition) is 5. The first-order chi connectivity index (χ1) is 13.0. The lowest BCUT2D eigenvalue weighted by Crippen LogP contribution is -2.62. The maximum absolute atomic E-state index is 13.1. The molecule has 1 saturated carbocycles. The van der Waals surface area contributed by atoms with Crippen molar-refractivity contribution in [3.63, 3.8) is 0 Å². The summed E-state index contributed by atoms with van der Waals surface area (Å²) in [4.78, 5) is 38.0. The number of alkyl halides is 2. The number of Topliss-reactive ketones (excluding diaryl/α,β-unsaturated/α-hetero) is 1. The third-order valence-corrected chi connectivity index (χ3v) is 8.21. The van der Waals surface area contributed by atoms with Crippen LogP contribution in [0.1, 0.15) is 40.6 Å². The Morgan fingerprint density at radius 2 is 1.79 bits per heavy atom. The van der Waals surface area contributed by atoms with Crippen molar-refractivity contribution in [1.29, 1.82) is 0 Å².